The van der Waals surface area contributed by atoms with Crippen LogP contribution in [0.5, 0.6) is 0 Å². The van der Waals surface area contributed by atoms with Gasteiger partial charge in [0.1, 0.15) is 0 Å². The van der Waals surface area contributed by atoms with Crippen LogP contribution >= 0.6 is 0 Å². The number of amides is 2. The van der Waals surface area contributed by atoms with E-state index in [1.54, 1.807) is 4.90 Å². The Balaban J connectivity index is 1.67. The molecule has 0 radical (unpaired) electrons. The van der Waals surface area contributed by atoms with Crippen LogP contribution in [-0.2, 0) is 25.5 Å². The molecule has 3 rings (SSSR count). The number of nitrogens with zero attached hydrogens (tertiary/aromatic N) is 4. The van der Waals surface area contributed by atoms with E-state index in [1.807, 2.05) is 13.8 Å². The number of benzene rings is 1. The molecule has 2 aliphatic rings. The van der Waals surface area contributed by atoms with Gasteiger partial charge in [-0.3, -0.25) is 9.80 Å². The second kappa shape index (κ2) is 13.9. The lowest BCUT2D eigenvalue weighted by Gasteiger charge is -2.36. The van der Waals surface area contributed by atoms with Crippen LogP contribution in [0.25, 0.3) is 0 Å². The van der Waals surface area contributed by atoms with E-state index in [2.05, 4.69) is 9.80 Å². The van der Waals surface area contributed by atoms with Gasteiger partial charge in [-0.05, 0) is 38.1 Å². The lowest BCUT2D eigenvalue weighted by molar-refractivity contribution is -0.137. The molecule has 216 valence electrons. The molecule has 1 aromatic rings. The van der Waals surface area contributed by atoms with E-state index in [0.29, 0.717) is 52.6 Å². The van der Waals surface area contributed by atoms with E-state index in [9.17, 15) is 26.4 Å². The molecule has 38 heavy (non-hydrogen) atoms. The lowest BCUT2D eigenvalue weighted by atomic mass is 10.2. The minimum absolute atomic E-state index is 0.0640. The Morgan fingerprint density at radius 1 is 0.895 bits per heavy atom. The standard InChI is InChI=1S/C25H39F3N4O5S/c1-21(2)32(15-20-38(34,35)23-5-3-22(4-6-23)25(26,27)28)24(33)31(9-7-29-11-16-36-17-12-29)10-8-30-13-18-37-19-14-30/h3-6,21H,7-20H2,1-2H3. The average Bonchev–Trinajstić information content (AvgIpc) is 2.89. The summed E-state index contributed by atoms with van der Waals surface area (Å²) >= 11 is 0. The Hall–Kier alpha value is -1.93. The summed E-state index contributed by atoms with van der Waals surface area (Å²) in [7, 11) is -3.89. The number of morpholine rings is 2. The van der Waals surface area contributed by atoms with Gasteiger partial charge in [0.2, 0.25) is 0 Å². The molecular weight excluding hydrogens is 525 g/mol. The summed E-state index contributed by atoms with van der Waals surface area (Å²) in [6.07, 6.45) is -4.55. The fourth-order valence-corrected chi connectivity index (χ4v) is 5.64. The molecule has 1 aromatic carbocycles. The van der Waals surface area contributed by atoms with Gasteiger partial charge in [-0.1, -0.05) is 0 Å². The van der Waals surface area contributed by atoms with Crippen molar-refractivity contribution in [1.82, 2.24) is 19.6 Å². The summed E-state index contributed by atoms with van der Waals surface area (Å²) in [5.74, 6) is -0.386. The molecule has 9 nitrogen and oxygen atoms in total. The molecule has 2 aliphatic heterocycles. The fourth-order valence-electron chi connectivity index (χ4n) is 4.42. The number of sulfone groups is 1. The van der Waals surface area contributed by atoms with Gasteiger partial charge in [0.25, 0.3) is 0 Å². The Labute approximate surface area is 223 Å². The van der Waals surface area contributed by atoms with E-state index in [4.69, 9.17) is 9.47 Å². The topological polar surface area (TPSA) is 82.6 Å². The third kappa shape index (κ3) is 9.08. The maximum absolute atomic E-state index is 13.7. The van der Waals surface area contributed by atoms with E-state index < -0.39 is 21.6 Å². The highest BCUT2D eigenvalue weighted by atomic mass is 32.2. The third-order valence-electron chi connectivity index (χ3n) is 6.86. The average molecular weight is 565 g/mol. The largest absolute Gasteiger partial charge is 0.416 e. The third-order valence-corrected chi connectivity index (χ3v) is 8.57. The minimum atomic E-state index is -4.55. The van der Waals surface area contributed by atoms with Crippen LogP contribution in [-0.4, -0.2) is 131 Å². The maximum Gasteiger partial charge on any atom is 0.416 e. The summed E-state index contributed by atoms with van der Waals surface area (Å²) in [6.45, 7) is 11.8. The molecular formula is C25H39F3N4O5S. The van der Waals surface area contributed by atoms with Crippen molar-refractivity contribution in [2.75, 3.05) is 91.1 Å². The number of alkyl halides is 3. The number of carbonyl (C=O) groups excluding carboxylic acids is 1. The molecule has 0 unspecified atom stereocenters. The van der Waals surface area contributed by atoms with Crippen LogP contribution < -0.4 is 0 Å². The minimum Gasteiger partial charge on any atom is -0.379 e. The van der Waals surface area contributed by atoms with Crippen LogP contribution in [0.4, 0.5) is 18.0 Å². The zero-order chi connectivity index (χ0) is 27.8. The van der Waals surface area contributed by atoms with E-state index in [0.717, 1.165) is 50.4 Å². The number of rotatable bonds is 11. The first-order valence-corrected chi connectivity index (χ1v) is 14.7. The maximum atomic E-state index is 13.7. The van der Waals surface area contributed by atoms with Gasteiger partial charge < -0.3 is 19.3 Å². The molecule has 0 saturated carbocycles. The van der Waals surface area contributed by atoms with Crippen molar-refractivity contribution >= 4 is 15.9 Å². The van der Waals surface area contributed by atoms with Gasteiger partial charge >= 0.3 is 12.2 Å². The smallest absolute Gasteiger partial charge is 0.379 e. The summed E-state index contributed by atoms with van der Waals surface area (Å²) in [5.41, 5.74) is -0.911. The summed E-state index contributed by atoms with van der Waals surface area (Å²) in [6, 6.07) is 2.95. The second-order valence-electron chi connectivity index (χ2n) is 9.81. The molecule has 2 amide bonds. The first-order valence-electron chi connectivity index (χ1n) is 13.0. The number of hydrogen-bond acceptors (Lipinski definition) is 7. The number of carbonyl (C=O) groups is 1. The number of hydrogen-bond donors (Lipinski definition) is 0. The number of urea groups is 1. The van der Waals surface area contributed by atoms with Crippen molar-refractivity contribution in [3.8, 4) is 0 Å². The van der Waals surface area contributed by atoms with Gasteiger partial charge in [0, 0.05) is 64.9 Å². The molecule has 0 aliphatic carbocycles. The normalized spacial score (nSPS) is 18.1. The van der Waals surface area contributed by atoms with Crippen molar-refractivity contribution in [3.05, 3.63) is 29.8 Å². The van der Waals surface area contributed by atoms with Crippen LogP contribution in [0.15, 0.2) is 29.2 Å². The van der Waals surface area contributed by atoms with Crippen molar-refractivity contribution in [2.45, 2.75) is 31.0 Å². The fraction of sp³-hybridized carbons (Fsp3) is 0.720. The highest BCUT2D eigenvalue weighted by Gasteiger charge is 2.31. The SMILES string of the molecule is CC(C)N(CCS(=O)(=O)c1ccc(C(F)(F)F)cc1)C(=O)N(CCN1CCOCC1)CCN1CCOCC1. The Bertz CT molecular complexity index is 958. The van der Waals surface area contributed by atoms with Crippen molar-refractivity contribution in [2.24, 2.45) is 0 Å². The Morgan fingerprint density at radius 3 is 1.79 bits per heavy atom. The van der Waals surface area contributed by atoms with Gasteiger partial charge in [-0.25, -0.2) is 13.2 Å². The van der Waals surface area contributed by atoms with E-state index in [-0.39, 0.29) is 29.3 Å². The van der Waals surface area contributed by atoms with E-state index >= 15 is 0 Å². The summed E-state index contributed by atoms with van der Waals surface area (Å²) in [5, 5.41) is 0. The molecule has 0 N–H and O–H groups in total. The number of halogens is 3. The molecule has 2 heterocycles. The highest BCUT2D eigenvalue weighted by molar-refractivity contribution is 7.91. The van der Waals surface area contributed by atoms with Gasteiger partial charge in [-0.15, -0.1) is 0 Å². The Kier molecular flexibility index (Phi) is 11.2. The van der Waals surface area contributed by atoms with Gasteiger partial charge in [-0.2, -0.15) is 13.2 Å². The summed E-state index contributed by atoms with van der Waals surface area (Å²) < 4.78 is 75.2. The van der Waals surface area contributed by atoms with Gasteiger partial charge in [0.15, 0.2) is 9.84 Å². The lowest BCUT2D eigenvalue weighted by Crippen LogP contribution is -2.52. The predicted molar refractivity (Wildman–Crippen MR) is 137 cm³/mol. The predicted octanol–water partition coefficient (Wildman–Crippen LogP) is 2.28. The van der Waals surface area contributed by atoms with Crippen molar-refractivity contribution < 1.29 is 35.9 Å². The second-order valence-corrected chi connectivity index (χ2v) is 11.9. The zero-order valence-electron chi connectivity index (χ0n) is 22.2. The number of ether oxygens (including phenoxy) is 2. The molecule has 2 saturated heterocycles. The quantitative estimate of drug-likeness (QED) is 0.408. The highest BCUT2D eigenvalue weighted by Crippen LogP contribution is 2.29. The monoisotopic (exact) mass is 564 g/mol. The summed E-state index contributed by atoms with van der Waals surface area (Å²) in [4.78, 5) is 21.3. The molecule has 0 spiro atoms. The molecule has 0 bridgehead atoms. The van der Waals surface area contributed by atoms with Gasteiger partial charge in [0.05, 0.1) is 42.6 Å². The Morgan fingerprint density at radius 2 is 1.37 bits per heavy atom. The first-order chi connectivity index (χ1) is 18.0. The first kappa shape index (κ1) is 30.6. The molecule has 0 aromatic heterocycles. The molecule has 13 heteroatoms. The molecule has 0 atom stereocenters. The van der Waals surface area contributed by atoms with Crippen molar-refractivity contribution in [3.63, 3.8) is 0 Å². The van der Waals surface area contributed by atoms with E-state index in [1.165, 1.54) is 4.90 Å². The van der Waals surface area contributed by atoms with Crippen LogP contribution in [0.2, 0.25) is 0 Å². The van der Waals surface area contributed by atoms with Crippen molar-refractivity contribution in [1.29, 1.82) is 0 Å². The zero-order valence-corrected chi connectivity index (χ0v) is 23.0. The van der Waals surface area contributed by atoms with Crippen LogP contribution in [0.3, 0.4) is 0 Å². The molecule has 2 fully saturated rings. The van der Waals surface area contributed by atoms with Crippen LogP contribution in [0, 0.1) is 0 Å². The van der Waals surface area contributed by atoms with Crippen LogP contribution in [0.1, 0.15) is 19.4 Å².